The molecule has 0 fully saturated rings. The summed E-state index contributed by atoms with van der Waals surface area (Å²) in [6, 6.07) is 7.72. The minimum absolute atomic E-state index is 0.0680. The van der Waals surface area contributed by atoms with Crippen LogP contribution in [0.2, 0.25) is 0 Å². The van der Waals surface area contributed by atoms with Crippen molar-refractivity contribution in [2.24, 2.45) is 11.8 Å². The molecule has 0 unspecified atom stereocenters. The Hall–Kier alpha value is -1.84. The zero-order valence-corrected chi connectivity index (χ0v) is 13.4. The number of para-hydroxylation sites is 1. The maximum atomic E-state index is 12.2. The van der Waals surface area contributed by atoms with Gasteiger partial charge in [0.1, 0.15) is 0 Å². The average molecular weight is 291 g/mol. The Morgan fingerprint density at radius 3 is 2.24 bits per heavy atom. The van der Waals surface area contributed by atoms with Crippen LogP contribution >= 0.6 is 0 Å². The number of carboxylic acids is 1. The number of amides is 1. The normalized spacial score (nSPS) is 14.3. The van der Waals surface area contributed by atoms with Crippen LogP contribution in [0.25, 0.3) is 0 Å². The summed E-state index contributed by atoms with van der Waals surface area (Å²) in [5.41, 5.74) is 1.79. The number of hydrogen-bond acceptors (Lipinski definition) is 2. The van der Waals surface area contributed by atoms with Gasteiger partial charge in [0.05, 0.1) is 5.92 Å². The second kappa shape index (κ2) is 6.74. The van der Waals surface area contributed by atoms with Crippen molar-refractivity contribution < 1.29 is 14.7 Å². The number of rotatable bonds is 5. The third kappa shape index (κ3) is 4.88. The van der Waals surface area contributed by atoms with Crippen LogP contribution in [-0.2, 0) is 15.0 Å². The minimum Gasteiger partial charge on any atom is -0.481 e. The van der Waals surface area contributed by atoms with E-state index in [1.807, 2.05) is 24.3 Å². The van der Waals surface area contributed by atoms with E-state index in [0.29, 0.717) is 6.42 Å². The van der Waals surface area contributed by atoms with Gasteiger partial charge in [0.2, 0.25) is 5.91 Å². The van der Waals surface area contributed by atoms with E-state index in [-0.39, 0.29) is 17.2 Å². The zero-order valence-electron chi connectivity index (χ0n) is 13.4. The molecule has 4 heteroatoms. The highest BCUT2D eigenvalue weighted by Crippen LogP contribution is 2.29. The van der Waals surface area contributed by atoms with Gasteiger partial charge in [-0.2, -0.15) is 0 Å². The smallest absolute Gasteiger partial charge is 0.306 e. The third-order valence-corrected chi connectivity index (χ3v) is 3.57. The Bertz CT molecular complexity index is 517. The molecule has 0 aliphatic rings. The van der Waals surface area contributed by atoms with Gasteiger partial charge in [-0.15, -0.1) is 0 Å². The van der Waals surface area contributed by atoms with Gasteiger partial charge in [-0.25, -0.2) is 0 Å². The lowest BCUT2D eigenvalue weighted by atomic mass is 9.85. The summed E-state index contributed by atoms with van der Waals surface area (Å²) >= 11 is 0. The molecule has 4 nitrogen and oxygen atoms in total. The number of benzene rings is 1. The summed E-state index contributed by atoms with van der Waals surface area (Å²) in [4.78, 5) is 23.1. The van der Waals surface area contributed by atoms with Crippen LogP contribution in [0.1, 0.15) is 46.6 Å². The van der Waals surface area contributed by atoms with Gasteiger partial charge in [0, 0.05) is 11.6 Å². The molecule has 0 aliphatic carbocycles. The molecule has 1 aromatic rings. The summed E-state index contributed by atoms with van der Waals surface area (Å²) in [6.07, 6.45) is 0.332. The van der Waals surface area contributed by atoms with Crippen molar-refractivity contribution in [2.45, 2.75) is 46.5 Å². The molecule has 2 N–H and O–H groups in total. The molecule has 0 aromatic heterocycles. The van der Waals surface area contributed by atoms with E-state index in [9.17, 15) is 9.59 Å². The van der Waals surface area contributed by atoms with Gasteiger partial charge in [0.25, 0.3) is 0 Å². The van der Waals surface area contributed by atoms with Crippen molar-refractivity contribution in [3.05, 3.63) is 29.8 Å². The number of carbonyl (C=O) groups is 2. The number of anilines is 1. The van der Waals surface area contributed by atoms with Crippen LogP contribution in [0.5, 0.6) is 0 Å². The van der Waals surface area contributed by atoms with Gasteiger partial charge < -0.3 is 10.4 Å². The molecule has 0 aliphatic heterocycles. The zero-order chi connectivity index (χ0) is 16.2. The molecule has 1 rings (SSSR count). The quantitative estimate of drug-likeness (QED) is 0.870. The summed E-state index contributed by atoms with van der Waals surface area (Å²) in [5, 5.41) is 11.9. The van der Waals surface area contributed by atoms with E-state index in [4.69, 9.17) is 5.11 Å². The van der Waals surface area contributed by atoms with Gasteiger partial charge in [-0.3, -0.25) is 9.59 Å². The summed E-state index contributed by atoms with van der Waals surface area (Å²) in [5.74, 6) is -1.88. The van der Waals surface area contributed by atoms with E-state index in [1.54, 1.807) is 13.8 Å². The van der Waals surface area contributed by atoms with Crippen molar-refractivity contribution in [1.29, 1.82) is 0 Å². The number of carbonyl (C=O) groups excluding carboxylic acids is 1. The highest BCUT2D eigenvalue weighted by molar-refractivity contribution is 5.93. The monoisotopic (exact) mass is 291 g/mol. The van der Waals surface area contributed by atoms with Crippen LogP contribution in [0.4, 0.5) is 5.69 Å². The molecule has 0 spiro atoms. The maximum Gasteiger partial charge on any atom is 0.306 e. The van der Waals surface area contributed by atoms with Gasteiger partial charge in [0.15, 0.2) is 0 Å². The molecule has 0 bridgehead atoms. The van der Waals surface area contributed by atoms with Crippen LogP contribution in [0, 0.1) is 11.8 Å². The second-order valence-electron chi connectivity index (χ2n) is 6.66. The van der Waals surface area contributed by atoms with Crippen LogP contribution < -0.4 is 5.32 Å². The Balaban J connectivity index is 2.82. The van der Waals surface area contributed by atoms with Crippen molar-refractivity contribution >= 4 is 17.6 Å². The van der Waals surface area contributed by atoms with Crippen molar-refractivity contribution in [2.75, 3.05) is 5.32 Å². The van der Waals surface area contributed by atoms with E-state index >= 15 is 0 Å². The van der Waals surface area contributed by atoms with Crippen molar-refractivity contribution in [3.63, 3.8) is 0 Å². The van der Waals surface area contributed by atoms with E-state index in [2.05, 4.69) is 26.1 Å². The van der Waals surface area contributed by atoms with Crippen molar-refractivity contribution in [1.82, 2.24) is 0 Å². The summed E-state index contributed by atoms with van der Waals surface area (Å²) in [6.45, 7) is 9.65. The third-order valence-electron chi connectivity index (χ3n) is 3.57. The fraction of sp³-hybridized carbons (Fsp3) is 0.529. The molecule has 0 heterocycles. The number of hydrogen-bond donors (Lipinski definition) is 2. The van der Waals surface area contributed by atoms with Crippen LogP contribution in [0.3, 0.4) is 0 Å². The topological polar surface area (TPSA) is 66.4 Å². The standard InChI is InChI=1S/C17H25NO3/c1-11(10-12(2)16(20)21)15(19)18-14-9-7-6-8-13(14)17(3,4)5/h6-9,11-12H,10H2,1-5H3,(H,18,19)(H,20,21)/t11-,12-/m1/s1. The fourth-order valence-corrected chi connectivity index (χ4v) is 2.24. The lowest BCUT2D eigenvalue weighted by Gasteiger charge is -2.24. The molecule has 116 valence electrons. The van der Waals surface area contributed by atoms with Gasteiger partial charge in [-0.1, -0.05) is 52.8 Å². The molecule has 0 radical (unpaired) electrons. The van der Waals surface area contributed by atoms with Gasteiger partial charge in [-0.05, 0) is 23.5 Å². The SMILES string of the molecule is C[C@H](C[C@@H](C)C(=O)Nc1ccccc1C(C)(C)C)C(=O)O. The first-order valence-corrected chi connectivity index (χ1v) is 7.26. The Kier molecular flexibility index (Phi) is 5.53. The van der Waals surface area contributed by atoms with E-state index in [1.165, 1.54) is 0 Å². The highest BCUT2D eigenvalue weighted by Gasteiger charge is 2.23. The second-order valence-corrected chi connectivity index (χ2v) is 6.66. The largest absolute Gasteiger partial charge is 0.481 e. The summed E-state index contributed by atoms with van der Waals surface area (Å²) < 4.78 is 0. The summed E-state index contributed by atoms with van der Waals surface area (Å²) in [7, 11) is 0. The predicted molar refractivity (Wildman–Crippen MR) is 84.4 cm³/mol. The lowest BCUT2D eigenvalue weighted by molar-refractivity contribution is -0.141. The fourth-order valence-electron chi connectivity index (χ4n) is 2.24. The lowest BCUT2D eigenvalue weighted by Crippen LogP contribution is -2.26. The Morgan fingerprint density at radius 2 is 1.71 bits per heavy atom. The first kappa shape index (κ1) is 17.2. The van der Waals surface area contributed by atoms with Crippen LogP contribution in [0.15, 0.2) is 24.3 Å². The molecule has 0 saturated heterocycles. The first-order chi connectivity index (χ1) is 9.62. The minimum atomic E-state index is -0.871. The maximum absolute atomic E-state index is 12.2. The Labute approximate surface area is 126 Å². The molecule has 0 saturated carbocycles. The Morgan fingerprint density at radius 1 is 1.14 bits per heavy atom. The number of carboxylic acid groups (broad SMARTS) is 1. The number of aliphatic carboxylic acids is 1. The van der Waals surface area contributed by atoms with E-state index in [0.717, 1.165) is 11.3 Å². The number of nitrogens with one attached hydrogen (secondary N) is 1. The molecular formula is C17H25NO3. The van der Waals surface area contributed by atoms with Crippen LogP contribution in [-0.4, -0.2) is 17.0 Å². The molecule has 2 atom stereocenters. The van der Waals surface area contributed by atoms with Gasteiger partial charge >= 0.3 is 5.97 Å². The molecular weight excluding hydrogens is 266 g/mol. The first-order valence-electron chi connectivity index (χ1n) is 7.26. The average Bonchev–Trinajstić information content (AvgIpc) is 2.37. The molecule has 1 amide bonds. The van der Waals surface area contributed by atoms with E-state index < -0.39 is 11.9 Å². The molecule has 21 heavy (non-hydrogen) atoms. The van der Waals surface area contributed by atoms with Crippen molar-refractivity contribution in [3.8, 4) is 0 Å². The predicted octanol–water partition coefficient (Wildman–Crippen LogP) is 3.67. The highest BCUT2D eigenvalue weighted by atomic mass is 16.4. The molecule has 1 aromatic carbocycles.